The number of benzene rings is 1. The third-order valence-corrected chi connectivity index (χ3v) is 3.64. The molecule has 0 spiro atoms. The van der Waals surface area contributed by atoms with E-state index in [1.165, 1.54) is 18.6 Å². The number of halogens is 1. The van der Waals surface area contributed by atoms with Crippen molar-refractivity contribution in [1.82, 2.24) is 25.1 Å². The molecule has 0 aliphatic rings. The van der Waals surface area contributed by atoms with Crippen LogP contribution < -0.4 is 5.32 Å². The summed E-state index contributed by atoms with van der Waals surface area (Å²) < 4.78 is 15.4. The number of aryl methyl sites for hydroxylation is 1. The Kier molecular flexibility index (Phi) is 4.90. The second-order valence-corrected chi connectivity index (χ2v) is 5.24. The van der Waals surface area contributed by atoms with E-state index in [1.54, 1.807) is 11.0 Å². The molecule has 0 radical (unpaired) electrons. The van der Waals surface area contributed by atoms with E-state index >= 15 is 0 Å². The number of nitrogens with zero attached hydrogens (tertiary/aromatic N) is 4. The van der Waals surface area contributed by atoms with Crippen LogP contribution in [0.3, 0.4) is 0 Å². The molecule has 24 heavy (non-hydrogen) atoms. The zero-order chi connectivity index (χ0) is 16.8. The highest BCUT2D eigenvalue weighted by Crippen LogP contribution is 2.18. The van der Waals surface area contributed by atoms with Crippen LogP contribution in [0, 0.1) is 5.82 Å². The van der Waals surface area contributed by atoms with Crippen LogP contribution in [-0.4, -0.2) is 25.7 Å². The minimum atomic E-state index is -0.641. The van der Waals surface area contributed by atoms with Gasteiger partial charge < -0.3 is 5.32 Å². The van der Waals surface area contributed by atoms with E-state index in [9.17, 15) is 9.18 Å². The van der Waals surface area contributed by atoms with Crippen LogP contribution in [0.25, 0.3) is 0 Å². The zero-order valence-corrected chi connectivity index (χ0v) is 12.8. The SMILES string of the molecule is O=C(NC(CCn1cncn1)c1ccccc1)c1ccncc1F. The summed E-state index contributed by atoms with van der Waals surface area (Å²) in [6.45, 7) is 0.582. The van der Waals surface area contributed by atoms with Gasteiger partial charge in [0.2, 0.25) is 0 Å². The van der Waals surface area contributed by atoms with Gasteiger partial charge in [-0.1, -0.05) is 30.3 Å². The molecule has 1 N–H and O–H groups in total. The molecule has 6 nitrogen and oxygen atoms in total. The van der Waals surface area contributed by atoms with Gasteiger partial charge in [-0.25, -0.2) is 9.37 Å². The first-order valence-electron chi connectivity index (χ1n) is 7.52. The number of hydrogen-bond acceptors (Lipinski definition) is 4. The van der Waals surface area contributed by atoms with Gasteiger partial charge in [0.05, 0.1) is 17.8 Å². The highest BCUT2D eigenvalue weighted by molar-refractivity contribution is 5.94. The van der Waals surface area contributed by atoms with Crippen LogP contribution in [0.2, 0.25) is 0 Å². The van der Waals surface area contributed by atoms with Gasteiger partial charge in [-0.15, -0.1) is 0 Å². The maximum Gasteiger partial charge on any atom is 0.254 e. The Hall–Kier alpha value is -3.09. The van der Waals surface area contributed by atoms with Crippen molar-refractivity contribution in [3.8, 4) is 0 Å². The zero-order valence-electron chi connectivity index (χ0n) is 12.8. The molecule has 7 heteroatoms. The van der Waals surface area contributed by atoms with Crippen molar-refractivity contribution < 1.29 is 9.18 Å². The predicted octanol–water partition coefficient (Wildman–Crippen LogP) is 2.37. The van der Waals surface area contributed by atoms with E-state index in [0.717, 1.165) is 11.8 Å². The molecule has 1 amide bonds. The molecular formula is C17H16FN5O. The number of rotatable bonds is 6. The van der Waals surface area contributed by atoms with Crippen LogP contribution in [0.15, 0.2) is 61.4 Å². The molecule has 0 saturated heterocycles. The number of pyridine rings is 1. The maximum atomic E-state index is 13.8. The Morgan fingerprint density at radius 2 is 2.04 bits per heavy atom. The Labute approximate surface area is 138 Å². The van der Waals surface area contributed by atoms with Crippen molar-refractivity contribution in [3.05, 3.63) is 78.4 Å². The van der Waals surface area contributed by atoms with E-state index in [1.807, 2.05) is 30.3 Å². The molecular weight excluding hydrogens is 309 g/mol. The average Bonchev–Trinajstić information content (AvgIpc) is 3.13. The van der Waals surface area contributed by atoms with Gasteiger partial charge in [0.1, 0.15) is 12.7 Å². The van der Waals surface area contributed by atoms with Crippen molar-refractivity contribution in [2.75, 3.05) is 0 Å². The van der Waals surface area contributed by atoms with Crippen molar-refractivity contribution in [1.29, 1.82) is 0 Å². The fraction of sp³-hybridized carbons (Fsp3) is 0.176. The number of amides is 1. The summed E-state index contributed by atoms with van der Waals surface area (Å²) in [4.78, 5) is 20.0. The molecule has 3 rings (SSSR count). The Balaban J connectivity index is 1.77. The molecule has 3 aromatic rings. The molecule has 1 atom stereocenters. The van der Waals surface area contributed by atoms with E-state index in [0.29, 0.717) is 13.0 Å². The van der Waals surface area contributed by atoms with Gasteiger partial charge in [-0.3, -0.25) is 14.5 Å². The fourth-order valence-corrected chi connectivity index (χ4v) is 2.41. The summed E-state index contributed by atoms with van der Waals surface area (Å²) >= 11 is 0. The average molecular weight is 325 g/mol. The summed E-state index contributed by atoms with van der Waals surface area (Å²) in [5.74, 6) is -1.11. The molecule has 0 fully saturated rings. The van der Waals surface area contributed by atoms with Crippen LogP contribution in [0.4, 0.5) is 4.39 Å². The van der Waals surface area contributed by atoms with Crippen LogP contribution in [0.5, 0.6) is 0 Å². The standard InChI is InChI=1S/C17H16FN5O/c18-15-10-19-8-6-14(15)17(24)22-16(13-4-2-1-3-5-13)7-9-23-12-20-11-21-23/h1-6,8,10-12,16H,7,9H2,(H,22,24). The number of aromatic nitrogens is 4. The quantitative estimate of drug-likeness (QED) is 0.755. The second-order valence-electron chi connectivity index (χ2n) is 5.24. The lowest BCUT2D eigenvalue weighted by Gasteiger charge is -2.19. The van der Waals surface area contributed by atoms with E-state index in [-0.39, 0.29) is 11.6 Å². The summed E-state index contributed by atoms with van der Waals surface area (Å²) in [6.07, 6.45) is 6.10. The van der Waals surface area contributed by atoms with Crippen LogP contribution in [-0.2, 0) is 6.54 Å². The van der Waals surface area contributed by atoms with Crippen molar-refractivity contribution in [2.45, 2.75) is 19.0 Å². The number of hydrogen-bond donors (Lipinski definition) is 1. The molecule has 0 aliphatic carbocycles. The topological polar surface area (TPSA) is 72.7 Å². The molecule has 122 valence electrons. The highest BCUT2D eigenvalue weighted by Gasteiger charge is 2.18. The Morgan fingerprint density at radius 3 is 2.75 bits per heavy atom. The monoisotopic (exact) mass is 325 g/mol. The number of carbonyl (C=O) groups is 1. The van der Waals surface area contributed by atoms with E-state index in [2.05, 4.69) is 20.4 Å². The number of nitrogens with one attached hydrogen (secondary N) is 1. The summed E-state index contributed by atoms with van der Waals surface area (Å²) in [7, 11) is 0. The molecule has 2 aromatic heterocycles. The van der Waals surface area contributed by atoms with Gasteiger partial charge >= 0.3 is 0 Å². The molecule has 2 heterocycles. The second kappa shape index (κ2) is 7.45. The summed E-state index contributed by atoms with van der Waals surface area (Å²) in [5.41, 5.74) is 0.923. The van der Waals surface area contributed by atoms with Crippen LogP contribution >= 0.6 is 0 Å². The largest absolute Gasteiger partial charge is 0.345 e. The van der Waals surface area contributed by atoms with Crippen molar-refractivity contribution in [3.63, 3.8) is 0 Å². The summed E-state index contributed by atoms with van der Waals surface area (Å²) in [5, 5.41) is 6.94. The lowest BCUT2D eigenvalue weighted by atomic mass is 10.0. The molecule has 0 bridgehead atoms. The van der Waals surface area contributed by atoms with Gasteiger partial charge in [0.25, 0.3) is 5.91 Å². The Morgan fingerprint density at radius 1 is 1.21 bits per heavy atom. The lowest BCUT2D eigenvalue weighted by Crippen LogP contribution is -2.30. The minimum Gasteiger partial charge on any atom is -0.345 e. The predicted molar refractivity (Wildman–Crippen MR) is 85.5 cm³/mol. The molecule has 0 aliphatic heterocycles. The molecule has 1 unspecified atom stereocenters. The smallest absolute Gasteiger partial charge is 0.254 e. The van der Waals surface area contributed by atoms with Crippen LogP contribution in [0.1, 0.15) is 28.4 Å². The third-order valence-electron chi connectivity index (χ3n) is 3.64. The van der Waals surface area contributed by atoms with Gasteiger partial charge in [0.15, 0.2) is 5.82 Å². The number of carbonyl (C=O) groups excluding carboxylic acids is 1. The third kappa shape index (κ3) is 3.81. The highest BCUT2D eigenvalue weighted by atomic mass is 19.1. The van der Waals surface area contributed by atoms with E-state index in [4.69, 9.17) is 0 Å². The first-order chi connectivity index (χ1) is 11.7. The van der Waals surface area contributed by atoms with Crippen molar-refractivity contribution >= 4 is 5.91 Å². The molecule has 1 aromatic carbocycles. The maximum absolute atomic E-state index is 13.8. The van der Waals surface area contributed by atoms with Gasteiger partial charge in [-0.05, 0) is 18.1 Å². The fourth-order valence-electron chi connectivity index (χ4n) is 2.41. The first-order valence-corrected chi connectivity index (χ1v) is 7.52. The summed E-state index contributed by atoms with van der Waals surface area (Å²) in [6, 6.07) is 10.7. The van der Waals surface area contributed by atoms with Gasteiger partial charge in [0, 0.05) is 12.7 Å². The minimum absolute atomic E-state index is 0.0216. The van der Waals surface area contributed by atoms with E-state index < -0.39 is 11.7 Å². The lowest BCUT2D eigenvalue weighted by molar-refractivity contribution is 0.0929. The first kappa shape index (κ1) is 15.8. The Bertz CT molecular complexity index is 792. The van der Waals surface area contributed by atoms with Crippen molar-refractivity contribution in [2.24, 2.45) is 0 Å². The molecule has 0 saturated carbocycles. The normalized spacial score (nSPS) is 11.9. The van der Waals surface area contributed by atoms with Gasteiger partial charge in [-0.2, -0.15) is 5.10 Å².